The van der Waals surface area contributed by atoms with E-state index in [1.807, 2.05) is 6.92 Å². The average Bonchev–Trinajstić information content (AvgIpc) is 2.54. The predicted molar refractivity (Wildman–Crippen MR) is 96.9 cm³/mol. The topological polar surface area (TPSA) is 70.3 Å². The Morgan fingerprint density at radius 1 is 1.31 bits per heavy atom. The van der Waals surface area contributed by atoms with E-state index in [0.29, 0.717) is 22.2 Å². The van der Waals surface area contributed by atoms with E-state index in [1.54, 1.807) is 20.8 Å². The lowest BCUT2D eigenvalue weighted by molar-refractivity contribution is 0.0378. The number of nitrogens with zero attached hydrogens (tertiary/aromatic N) is 2. The van der Waals surface area contributed by atoms with Crippen LogP contribution in [0.15, 0.2) is 21.7 Å². The van der Waals surface area contributed by atoms with E-state index in [9.17, 15) is 18.8 Å². The van der Waals surface area contributed by atoms with Gasteiger partial charge in [0.1, 0.15) is 5.82 Å². The number of ether oxygens (including phenoxy) is 1. The average molecular weight is 383 g/mol. The van der Waals surface area contributed by atoms with Crippen molar-refractivity contribution >= 4 is 17.6 Å². The molecule has 2 rings (SSSR count). The highest BCUT2D eigenvalue weighted by molar-refractivity contribution is 6.33. The fourth-order valence-corrected chi connectivity index (χ4v) is 2.98. The molecule has 0 unspecified atom stereocenters. The summed E-state index contributed by atoms with van der Waals surface area (Å²) < 4.78 is 21.6. The van der Waals surface area contributed by atoms with Gasteiger partial charge in [-0.05, 0) is 39.3 Å². The van der Waals surface area contributed by atoms with Crippen LogP contribution in [-0.4, -0.2) is 21.2 Å². The molecule has 1 heterocycles. The molecule has 8 heteroatoms. The molecule has 0 saturated heterocycles. The first kappa shape index (κ1) is 19.9. The standard InChI is InChI=1S/C18H20ClFN2O4/c1-6-14-10(4)16(23)22(18(25)21(14)5)15-7-11(12(19)8-13(15)20)17(24)26-9(2)3/h7-9H,6H2,1-5H3. The highest BCUT2D eigenvalue weighted by Gasteiger charge is 2.22. The number of aromatic nitrogens is 2. The number of halogens is 2. The lowest BCUT2D eigenvalue weighted by atomic mass is 10.1. The first-order valence-electron chi connectivity index (χ1n) is 8.12. The summed E-state index contributed by atoms with van der Waals surface area (Å²) in [6.45, 7) is 6.69. The van der Waals surface area contributed by atoms with Crippen LogP contribution in [0, 0.1) is 12.7 Å². The normalized spacial score (nSPS) is 11.1. The Morgan fingerprint density at radius 3 is 2.46 bits per heavy atom. The van der Waals surface area contributed by atoms with E-state index >= 15 is 0 Å². The molecule has 6 nitrogen and oxygen atoms in total. The molecule has 0 bridgehead atoms. The minimum absolute atomic E-state index is 0.122. The van der Waals surface area contributed by atoms with Crippen molar-refractivity contribution in [2.45, 2.75) is 40.2 Å². The molecule has 0 saturated carbocycles. The van der Waals surface area contributed by atoms with E-state index < -0.39 is 29.1 Å². The maximum Gasteiger partial charge on any atom is 0.339 e. The summed E-state index contributed by atoms with van der Waals surface area (Å²) in [4.78, 5) is 37.5. The third kappa shape index (κ3) is 3.44. The molecule has 0 radical (unpaired) electrons. The molecule has 26 heavy (non-hydrogen) atoms. The quantitative estimate of drug-likeness (QED) is 0.762. The third-order valence-electron chi connectivity index (χ3n) is 4.01. The largest absolute Gasteiger partial charge is 0.459 e. The maximum absolute atomic E-state index is 14.5. The molecule has 0 atom stereocenters. The molecule has 2 aromatic rings. The van der Waals surface area contributed by atoms with Gasteiger partial charge in [0, 0.05) is 18.3 Å². The zero-order valence-electron chi connectivity index (χ0n) is 15.2. The summed E-state index contributed by atoms with van der Waals surface area (Å²) in [5.41, 5.74) is -0.930. The minimum atomic E-state index is -0.890. The molecule has 0 amide bonds. The number of rotatable bonds is 4. The van der Waals surface area contributed by atoms with Gasteiger partial charge in [-0.1, -0.05) is 18.5 Å². The number of esters is 1. The Labute approximate surface area is 154 Å². The highest BCUT2D eigenvalue weighted by Crippen LogP contribution is 2.23. The van der Waals surface area contributed by atoms with E-state index in [-0.39, 0.29) is 16.3 Å². The Kier molecular flexibility index (Phi) is 5.71. The van der Waals surface area contributed by atoms with Crippen LogP contribution < -0.4 is 11.2 Å². The lowest BCUT2D eigenvalue weighted by Gasteiger charge is -2.16. The first-order valence-corrected chi connectivity index (χ1v) is 8.49. The maximum atomic E-state index is 14.5. The van der Waals surface area contributed by atoms with E-state index in [4.69, 9.17) is 16.3 Å². The smallest absolute Gasteiger partial charge is 0.339 e. The van der Waals surface area contributed by atoms with Gasteiger partial charge in [0.25, 0.3) is 5.56 Å². The van der Waals surface area contributed by atoms with Crippen molar-refractivity contribution in [1.29, 1.82) is 0 Å². The van der Waals surface area contributed by atoms with Crippen molar-refractivity contribution in [2.24, 2.45) is 7.05 Å². The number of benzene rings is 1. The van der Waals surface area contributed by atoms with E-state index in [1.165, 1.54) is 11.6 Å². The minimum Gasteiger partial charge on any atom is -0.459 e. The predicted octanol–water partition coefficient (Wildman–Crippen LogP) is 2.76. The lowest BCUT2D eigenvalue weighted by Crippen LogP contribution is -2.41. The molecule has 0 spiro atoms. The van der Waals surface area contributed by atoms with Crippen molar-refractivity contribution < 1.29 is 13.9 Å². The number of carbonyl (C=O) groups is 1. The second-order valence-electron chi connectivity index (χ2n) is 6.14. The van der Waals surface area contributed by atoms with Crippen molar-refractivity contribution in [3.05, 3.63) is 60.6 Å². The SMILES string of the molecule is CCc1c(C)c(=O)n(-c2cc(C(=O)OC(C)C)c(Cl)cc2F)c(=O)n1C. The summed E-state index contributed by atoms with van der Waals surface area (Å²) in [6, 6.07) is 1.96. The molecule has 0 aliphatic rings. The zero-order chi connectivity index (χ0) is 19.8. The molecule has 0 aliphatic heterocycles. The second kappa shape index (κ2) is 7.45. The van der Waals surface area contributed by atoms with Gasteiger partial charge in [0.05, 0.1) is 22.4 Å². The van der Waals surface area contributed by atoms with Crippen molar-refractivity contribution in [1.82, 2.24) is 9.13 Å². The Morgan fingerprint density at radius 2 is 1.92 bits per heavy atom. The van der Waals surface area contributed by atoms with Gasteiger partial charge in [-0.3, -0.25) is 4.79 Å². The Hall–Kier alpha value is -2.41. The van der Waals surface area contributed by atoms with Crippen LogP contribution >= 0.6 is 11.6 Å². The van der Waals surface area contributed by atoms with Crippen molar-refractivity contribution in [3.63, 3.8) is 0 Å². The summed E-state index contributed by atoms with van der Waals surface area (Å²) in [5.74, 6) is -1.66. The molecule has 0 aliphatic carbocycles. The molecular formula is C18H20ClFN2O4. The fourth-order valence-electron chi connectivity index (χ4n) is 2.75. The molecule has 140 valence electrons. The summed E-state index contributed by atoms with van der Waals surface area (Å²) in [6.07, 6.45) is 0.0663. The van der Waals surface area contributed by atoms with Crippen LogP contribution in [0.2, 0.25) is 5.02 Å². The Balaban J connectivity index is 2.80. The van der Waals surface area contributed by atoms with Crippen LogP contribution in [0.4, 0.5) is 4.39 Å². The molecule has 1 aromatic carbocycles. The second-order valence-corrected chi connectivity index (χ2v) is 6.55. The van der Waals surface area contributed by atoms with Crippen LogP contribution in [0.25, 0.3) is 5.69 Å². The van der Waals surface area contributed by atoms with Crippen molar-refractivity contribution in [2.75, 3.05) is 0 Å². The van der Waals surface area contributed by atoms with E-state index in [0.717, 1.165) is 12.1 Å². The highest BCUT2D eigenvalue weighted by atomic mass is 35.5. The summed E-state index contributed by atoms with van der Waals surface area (Å²) >= 11 is 5.95. The van der Waals surface area contributed by atoms with Crippen LogP contribution in [0.3, 0.4) is 0 Å². The summed E-state index contributed by atoms with van der Waals surface area (Å²) in [5, 5.41) is -0.163. The van der Waals surface area contributed by atoms with Crippen LogP contribution in [0.1, 0.15) is 42.4 Å². The van der Waals surface area contributed by atoms with Gasteiger partial charge in [-0.15, -0.1) is 0 Å². The first-order chi connectivity index (χ1) is 12.1. The number of carbonyl (C=O) groups excluding carboxylic acids is 1. The summed E-state index contributed by atoms with van der Waals surface area (Å²) in [7, 11) is 1.51. The monoisotopic (exact) mass is 382 g/mol. The molecule has 0 fully saturated rings. The van der Waals surface area contributed by atoms with Gasteiger partial charge in [0.15, 0.2) is 0 Å². The molecule has 1 aromatic heterocycles. The Bertz CT molecular complexity index is 955. The van der Waals surface area contributed by atoms with Crippen molar-refractivity contribution in [3.8, 4) is 5.69 Å². The van der Waals surface area contributed by atoms with E-state index in [2.05, 4.69) is 0 Å². The van der Waals surface area contributed by atoms with Gasteiger partial charge >= 0.3 is 11.7 Å². The number of hydrogen-bond acceptors (Lipinski definition) is 4. The van der Waals surface area contributed by atoms with Gasteiger partial charge in [-0.2, -0.15) is 0 Å². The zero-order valence-corrected chi connectivity index (χ0v) is 16.0. The van der Waals surface area contributed by atoms with Gasteiger partial charge in [-0.25, -0.2) is 18.5 Å². The third-order valence-corrected chi connectivity index (χ3v) is 4.33. The van der Waals surface area contributed by atoms with Gasteiger partial charge < -0.3 is 9.30 Å². The molecule has 0 N–H and O–H groups in total. The fraction of sp³-hybridized carbons (Fsp3) is 0.389. The van der Waals surface area contributed by atoms with Crippen LogP contribution in [0.5, 0.6) is 0 Å². The van der Waals surface area contributed by atoms with Gasteiger partial charge in [0.2, 0.25) is 0 Å². The molecular weight excluding hydrogens is 363 g/mol. The number of hydrogen-bond donors (Lipinski definition) is 0. The van der Waals surface area contributed by atoms with Crippen LogP contribution in [-0.2, 0) is 18.2 Å².